The number of amides is 4. The Hall–Kier alpha value is -1.54. The monoisotopic (exact) mass is 344 g/mol. The second-order valence-electron chi connectivity index (χ2n) is 3.75. The summed E-state index contributed by atoms with van der Waals surface area (Å²) < 4.78 is 0.779. The molecule has 0 unspecified atom stereocenters. The molecule has 0 radical (unpaired) electrons. The van der Waals surface area contributed by atoms with E-state index in [1.54, 1.807) is 19.1 Å². The number of imide groups is 2. The molecule has 1 aromatic rings. The van der Waals surface area contributed by atoms with Crippen molar-refractivity contribution in [1.29, 1.82) is 0 Å². The molecule has 100 valence electrons. The van der Waals surface area contributed by atoms with E-state index in [4.69, 9.17) is 0 Å². The van der Waals surface area contributed by atoms with Crippen molar-refractivity contribution < 1.29 is 19.2 Å². The molecule has 1 aliphatic rings. The average Bonchev–Trinajstić information content (AvgIpc) is 2.88. The number of carbonyl (C=O) groups excluding carboxylic acids is 4. The lowest BCUT2D eigenvalue weighted by Gasteiger charge is -2.12. The highest BCUT2D eigenvalue weighted by Gasteiger charge is 2.44. The van der Waals surface area contributed by atoms with Crippen LogP contribution in [0.1, 0.15) is 16.6 Å². The molecule has 4 amide bonds. The second-order valence-corrected chi connectivity index (χ2v) is 6.21. The predicted molar refractivity (Wildman–Crippen MR) is 70.8 cm³/mol. The Labute approximate surface area is 121 Å². The zero-order chi connectivity index (χ0) is 14.2. The molecule has 0 bridgehead atoms. The van der Waals surface area contributed by atoms with Crippen LogP contribution in [0.5, 0.6) is 0 Å². The first-order valence-corrected chi connectivity index (χ1v) is 7.02. The Morgan fingerprint density at radius 3 is 2.32 bits per heavy atom. The number of rotatable bonds is 4. The standard InChI is InChI=1S/C11H9BrN2O4S/c1-2-13-9(16)10(17)14(11(13)18)5-6(15)7-3-4-8(12)19-7/h3-4H,2,5H2,1H3. The Kier molecular flexibility index (Phi) is 3.81. The van der Waals surface area contributed by atoms with Gasteiger partial charge in [-0.15, -0.1) is 11.3 Å². The number of thiophene rings is 1. The maximum atomic E-state index is 11.9. The summed E-state index contributed by atoms with van der Waals surface area (Å²) in [6, 6.07) is 2.57. The predicted octanol–water partition coefficient (Wildman–Crippen LogP) is 1.50. The van der Waals surface area contributed by atoms with Crippen LogP contribution in [0.15, 0.2) is 15.9 Å². The van der Waals surface area contributed by atoms with Crippen LogP contribution in [0.2, 0.25) is 0 Å². The maximum absolute atomic E-state index is 11.9. The molecule has 8 heteroatoms. The average molecular weight is 345 g/mol. The molecule has 0 saturated carbocycles. The van der Waals surface area contributed by atoms with Crippen molar-refractivity contribution in [2.45, 2.75) is 6.92 Å². The van der Waals surface area contributed by atoms with Crippen molar-refractivity contribution >= 4 is 50.9 Å². The van der Waals surface area contributed by atoms with E-state index in [1.165, 1.54) is 11.3 Å². The van der Waals surface area contributed by atoms with Crippen molar-refractivity contribution in [3.63, 3.8) is 0 Å². The largest absolute Gasteiger partial charge is 0.334 e. The van der Waals surface area contributed by atoms with E-state index in [1.807, 2.05) is 0 Å². The van der Waals surface area contributed by atoms with Crippen molar-refractivity contribution in [2.75, 3.05) is 13.1 Å². The van der Waals surface area contributed by atoms with E-state index < -0.39 is 24.4 Å². The van der Waals surface area contributed by atoms with Crippen LogP contribution in [0, 0.1) is 0 Å². The van der Waals surface area contributed by atoms with Gasteiger partial charge in [-0.1, -0.05) is 0 Å². The van der Waals surface area contributed by atoms with Gasteiger partial charge in [-0.25, -0.2) is 9.69 Å². The first-order valence-electron chi connectivity index (χ1n) is 5.41. The Balaban J connectivity index is 2.15. The van der Waals surface area contributed by atoms with E-state index in [2.05, 4.69) is 15.9 Å². The van der Waals surface area contributed by atoms with Gasteiger partial charge in [-0.3, -0.25) is 19.3 Å². The zero-order valence-corrected chi connectivity index (χ0v) is 12.3. The summed E-state index contributed by atoms with van der Waals surface area (Å²) >= 11 is 4.43. The number of halogens is 1. The van der Waals surface area contributed by atoms with E-state index in [-0.39, 0.29) is 12.3 Å². The van der Waals surface area contributed by atoms with Gasteiger partial charge in [0, 0.05) is 6.54 Å². The zero-order valence-electron chi connectivity index (χ0n) is 9.88. The van der Waals surface area contributed by atoms with Gasteiger partial charge in [-0.2, -0.15) is 0 Å². The van der Waals surface area contributed by atoms with Crippen molar-refractivity contribution in [3.05, 3.63) is 20.8 Å². The van der Waals surface area contributed by atoms with E-state index in [9.17, 15) is 19.2 Å². The van der Waals surface area contributed by atoms with Crippen LogP contribution in [0.3, 0.4) is 0 Å². The number of carbonyl (C=O) groups is 4. The van der Waals surface area contributed by atoms with E-state index in [0.717, 1.165) is 8.69 Å². The lowest BCUT2D eigenvalue weighted by Crippen LogP contribution is -2.36. The fraction of sp³-hybridized carbons (Fsp3) is 0.273. The van der Waals surface area contributed by atoms with Crippen LogP contribution in [-0.4, -0.2) is 46.5 Å². The minimum absolute atomic E-state index is 0.110. The summed E-state index contributed by atoms with van der Waals surface area (Å²) in [5, 5.41) is 0. The Morgan fingerprint density at radius 2 is 1.84 bits per heavy atom. The number of ketones is 1. The highest BCUT2D eigenvalue weighted by Crippen LogP contribution is 2.23. The number of likely N-dealkylation sites (N-methyl/N-ethyl adjacent to an activating group) is 1. The van der Waals surface area contributed by atoms with E-state index in [0.29, 0.717) is 9.78 Å². The number of hydrogen-bond acceptors (Lipinski definition) is 5. The number of hydrogen-bond donors (Lipinski definition) is 0. The molecule has 0 N–H and O–H groups in total. The third-order valence-corrected chi connectivity index (χ3v) is 4.27. The van der Waals surface area contributed by atoms with Gasteiger partial charge >= 0.3 is 17.8 Å². The molecule has 0 aliphatic carbocycles. The first-order chi connectivity index (χ1) is 8.95. The number of nitrogens with zero attached hydrogens (tertiary/aromatic N) is 2. The molecule has 0 atom stereocenters. The molecule has 0 spiro atoms. The third kappa shape index (κ3) is 2.45. The lowest BCUT2D eigenvalue weighted by molar-refractivity contribution is -0.143. The molecule has 19 heavy (non-hydrogen) atoms. The van der Waals surface area contributed by atoms with Gasteiger partial charge in [0.2, 0.25) is 0 Å². The molecule has 1 saturated heterocycles. The second kappa shape index (κ2) is 5.22. The Morgan fingerprint density at radius 1 is 1.21 bits per heavy atom. The van der Waals surface area contributed by atoms with E-state index >= 15 is 0 Å². The smallest absolute Gasteiger partial charge is 0.291 e. The van der Waals surface area contributed by atoms with Crippen molar-refractivity contribution in [3.8, 4) is 0 Å². The molecular formula is C11H9BrN2O4S. The number of urea groups is 1. The molecule has 1 aliphatic heterocycles. The van der Waals surface area contributed by atoms with Crippen LogP contribution >= 0.6 is 27.3 Å². The van der Waals surface area contributed by atoms with Gasteiger partial charge in [0.15, 0.2) is 5.78 Å². The van der Waals surface area contributed by atoms with Crippen LogP contribution < -0.4 is 0 Å². The van der Waals surface area contributed by atoms with Crippen molar-refractivity contribution in [1.82, 2.24) is 9.80 Å². The van der Waals surface area contributed by atoms with Gasteiger partial charge < -0.3 is 0 Å². The SMILES string of the molecule is CCN1C(=O)C(=O)N(CC(=O)c2ccc(Br)s2)C1=O. The highest BCUT2D eigenvalue weighted by molar-refractivity contribution is 9.11. The van der Waals surface area contributed by atoms with Crippen molar-refractivity contribution in [2.24, 2.45) is 0 Å². The van der Waals surface area contributed by atoms with Crippen LogP contribution in [0.4, 0.5) is 4.79 Å². The third-order valence-electron chi connectivity index (χ3n) is 2.60. The molecule has 1 aromatic heterocycles. The molecule has 1 fully saturated rings. The molecular weight excluding hydrogens is 336 g/mol. The molecule has 0 aromatic carbocycles. The molecule has 2 rings (SSSR count). The minimum Gasteiger partial charge on any atom is -0.291 e. The molecule has 6 nitrogen and oxygen atoms in total. The normalized spacial score (nSPS) is 15.6. The number of Topliss-reactive ketones (excluding diaryl/α,β-unsaturated/α-hetero) is 1. The van der Waals surface area contributed by atoms with Crippen LogP contribution in [0.25, 0.3) is 0 Å². The quantitative estimate of drug-likeness (QED) is 0.471. The summed E-state index contributed by atoms with van der Waals surface area (Å²) in [5.41, 5.74) is 0. The summed E-state index contributed by atoms with van der Waals surface area (Å²) in [7, 11) is 0. The van der Waals surface area contributed by atoms with Gasteiger partial charge in [0.25, 0.3) is 0 Å². The first kappa shape index (κ1) is 13.9. The van der Waals surface area contributed by atoms with Gasteiger partial charge in [0.1, 0.15) is 0 Å². The Bertz CT molecular complexity index is 583. The molecule has 2 heterocycles. The summed E-state index contributed by atoms with van der Waals surface area (Å²) in [5.74, 6) is -2.20. The van der Waals surface area contributed by atoms with Gasteiger partial charge in [0.05, 0.1) is 15.2 Å². The topological polar surface area (TPSA) is 74.8 Å². The van der Waals surface area contributed by atoms with Gasteiger partial charge in [-0.05, 0) is 35.0 Å². The fourth-order valence-corrected chi connectivity index (χ4v) is 2.97. The fourth-order valence-electron chi connectivity index (χ4n) is 1.65. The van der Waals surface area contributed by atoms with Crippen LogP contribution in [-0.2, 0) is 9.59 Å². The minimum atomic E-state index is -0.948. The summed E-state index contributed by atoms with van der Waals surface area (Å²) in [6.07, 6.45) is 0. The summed E-state index contributed by atoms with van der Waals surface area (Å²) in [4.78, 5) is 48.7. The highest BCUT2D eigenvalue weighted by atomic mass is 79.9. The lowest BCUT2D eigenvalue weighted by atomic mass is 10.3. The maximum Gasteiger partial charge on any atom is 0.334 e. The summed E-state index contributed by atoms with van der Waals surface area (Å²) in [6.45, 7) is 1.29.